The molecule has 0 saturated heterocycles. The Morgan fingerprint density at radius 1 is 0.774 bits per heavy atom. The fourth-order valence-corrected chi connectivity index (χ4v) is 5.33. The minimum absolute atomic E-state index is 0.0421. The summed E-state index contributed by atoms with van der Waals surface area (Å²) in [6.45, 7) is 1.91. The Morgan fingerprint density at radius 2 is 1.29 bits per heavy atom. The van der Waals surface area contributed by atoms with Crippen molar-refractivity contribution in [2.75, 3.05) is 0 Å². The highest BCUT2D eigenvalue weighted by Crippen LogP contribution is 2.23. The predicted octanol–water partition coefficient (Wildman–Crippen LogP) is 1.94. The molecule has 4 atom stereocenters. The molecule has 0 rings (SSSR count). The highest BCUT2D eigenvalue weighted by Gasteiger charge is 2.38. The van der Waals surface area contributed by atoms with Gasteiger partial charge in [-0.25, -0.2) is 4.79 Å². The van der Waals surface area contributed by atoms with E-state index in [9.17, 15) is 40.9 Å². The van der Waals surface area contributed by atoms with Gasteiger partial charge in [0.2, 0.25) is 0 Å². The molecule has 186 valence electrons. The molecular weight excluding hydrogens is 456 g/mol. The molecule has 31 heavy (non-hydrogen) atoms. The van der Waals surface area contributed by atoms with Crippen LogP contribution in [0.2, 0.25) is 0 Å². The molecule has 0 saturated carbocycles. The Morgan fingerprint density at radius 3 is 1.81 bits per heavy atom. The van der Waals surface area contributed by atoms with Gasteiger partial charge in [0.1, 0.15) is 10.5 Å². The van der Waals surface area contributed by atoms with Crippen LogP contribution < -0.4 is 0 Å². The van der Waals surface area contributed by atoms with E-state index in [-0.39, 0.29) is 19.3 Å². The highest BCUT2D eigenvalue weighted by atomic mass is 32.2. The van der Waals surface area contributed by atoms with Gasteiger partial charge in [-0.05, 0) is 25.7 Å². The van der Waals surface area contributed by atoms with E-state index in [0.29, 0.717) is 38.5 Å². The lowest BCUT2D eigenvalue weighted by Crippen LogP contribution is -2.42. The molecule has 0 aliphatic heterocycles. The van der Waals surface area contributed by atoms with Crippen LogP contribution in [0.1, 0.15) is 84.0 Å². The lowest BCUT2D eigenvalue weighted by molar-refractivity contribution is -0.234. The fraction of sp³-hybridized carbons (Fsp3) is 0.944. The van der Waals surface area contributed by atoms with Crippen molar-refractivity contribution in [1.29, 1.82) is 0 Å². The van der Waals surface area contributed by atoms with Crippen LogP contribution in [-0.2, 0) is 29.9 Å². The molecule has 0 amide bonds. The summed E-state index contributed by atoms with van der Waals surface area (Å²) in [5.41, 5.74) is 0. The molecule has 0 spiro atoms. The second-order valence-corrected chi connectivity index (χ2v) is 11.0. The average Bonchev–Trinajstić information content (AvgIpc) is 2.65. The van der Waals surface area contributed by atoms with Crippen LogP contribution in [0.15, 0.2) is 0 Å². The van der Waals surface area contributed by atoms with Crippen LogP contribution in [0.5, 0.6) is 0 Å². The molecule has 5 N–H and O–H groups in total. The lowest BCUT2D eigenvalue weighted by Gasteiger charge is -2.26. The first-order valence-corrected chi connectivity index (χ1v) is 13.5. The van der Waals surface area contributed by atoms with Crippen molar-refractivity contribution in [3.8, 4) is 0 Å². The quantitative estimate of drug-likeness (QED) is 0.0811. The van der Waals surface area contributed by atoms with Gasteiger partial charge in [-0.1, -0.05) is 51.9 Å². The summed E-state index contributed by atoms with van der Waals surface area (Å²) in [4.78, 5) is 14.3. The van der Waals surface area contributed by atoms with Gasteiger partial charge in [-0.15, -0.1) is 0 Å². The van der Waals surface area contributed by atoms with Crippen LogP contribution in [0.4, 0.5) is 0 Å². The van der Waals surface area contributed by atoms with Gasteiger partial charge in [0.25, 0.3) is 20.2 Å². The Bertz CT molecular complexity index is 706. The molecule has 0 aliphatic carbocycles. The molecule has 0 aromatic rings. The molecule has 0 radical (unpaired) electrons. The monoisotopic (exact) mass is 492 g/mol. The van der Waals surface area contributed by atoms with Crippen molar-refractivity contribution in [1.82, 2.24) is 0 Å². The first kappa shape index (κ1) is 30.2. The van der Waals surface area contributed by atoms with Crippen LogP contribution in [0, 0.1) is 0 Å². The zero-order valence-electron chi connectivity index (χ0n) is 17.8. The van der Waals surface area contributed by atoms with E-state index < -0.39 is 55.3 Å². The summed E-state index contributed by atoms with van der Waals surface area (Å²) in [7, 11) is -9.47. The molecular formula is C18H36O11S2. The number of carbonyl (C=O) groups excluding carboxylic acids is 1. The molecule has 13 heteroatoms. The van der Waals surface area contributed by atoms with Crippen LogP contribution >= 0.6 is 0 Å². The molecule has 11 nitrogen and oxygen atoms in total. The predicted molar refractivity (Wildman–Crippen MR) is 112 cm³/mol. The van der Waals surface area contributed by atoms with Crippen LogP contribution in [0.3, 0.4) is 0 Å². The maximum atomic E-state index is 11.7. The number of unbranched alkanes of at least 4 members (excludes halogenated alkanes) is 6. The smallest absolute Gasteiger partial charge is 0.342 e. The zero-order chi connectivity index (χ0) is 24.1. The first-order valence-electron chi connectivity index (χ1n) is 10.5. The van der Waals surface area contributed by atoms with Gasteiger partial charge >= 0.3 is 5.97 Å². The van der Waals surface area contributed by atoms with E-state index >= 15 is 0 Å². The summed E-state index contributed by atoms with van der Waals surface area (Å²) in [5.74, 6) is -0.750. The molecule has 4 unspecified atom stereocenters. The third-order valence-corrected chi connectivity index (χ3v) is 7.76. The Hall–Kier alpha value is -0.830. The summed E-state index contributed by atoms with van der Waals surface area (Å²) in [6.07, 6.45) is 0.498. The zero-order valence-corrected chi connectivity index (χ0v) is 19.4. The minimum atomic E-state index is -4.76. The largest absolute Gasteiger partial charge is 0.392 e. The Labute approximate surface area is 184 Å². The Kier molecular flexibility index (Phi) is 14.7. The van der Waals surface area contributed by atoms with Crippen molar-refractivity contribution in [3.63, 3.8) is 0 Å². The molecule has 0 heterocycles. The standard InChI is InChI=1S/C18H36O11S2/c1-2-3-7-10-14(19)17(31(26,27)28)13-15(20)16(30(23,24)25)11-8-5-4-6-9-12-18(21)29-22/h14-17,19-20,22H,2-13H2,1H3,(H,23,24,25)(H,26,27,28). The van der Waals surface area contributed by atoms with Crippen molar-refractivity contribution in [2.45, 2.75) is 107 Å². The fourth-order valence-electron chi connectivity index (χ4n) is 3.39. The van der Waals surface area contributed by atoms with E-state index in [1.54, 1.807) is 0 Å². The van der Waals surface area contributed by atoms with Gasteiger partial charge in [-0.2, -0.15) is 22.1 Å². The van der Waals surface area contributed by atoms with Crippen LogP contribution in [0.25, 0.3) is 0 Å². The van der Waals surface area contributed by atoms with Gasteiger partial charge in [0, 0.05) is 6.42 Å². The molecule has 0 aromatic heterocycles. The number of rotatable bonds is 18. The summed E-state index contributed by atoms with van der Waals surface area (Å²) < 4.78 is 65.6. The third-order valence-electron chi connectivity index (χ3n) is 5.17. The molecule has 0 aromatic carbocycles. The molecule has 0 aliphatic rings. The van der Waals surface area contributed by atoms with Crippen molar-refractivity contribution < 1.29 is 51.1 Å². The number of aliphatic hydroxyl groups is 2. The van der Waals surface area contributed by atoms with Gasteiger partial charge < -0.3 is 15.1 Å². The van der Waals surface area contributed by atoms with Crippen molar-refractivity contribution in [3.05, 3.63) is 0 Å². The topological polar surface area (TPSA) is 196 Å². The average molecular weight is 493 g/mol. The normalized spacial score (nSPS) is 16.5. The maximum absolute atomic E-state index is 11.7. The van der Waals surface area contributed by atoms with Crippen molar-refractivity contribution >= 4 is 26.2 Å². The van der Waals surface area contributed by atoms with Crippen molar-refractivity contribution in [2.24, 2.45) is 0 Å². The van der Waals surface area contributed by atoms with E-state index in [2.05, 4.69) is 4.89 Å². The van der Waals surface area contributed by atoms with E-state index in [1.807, 2.05) is 6.92 Å². The van der Waals surface area contributed by atoms with Crippen LogP contribution in [-0.4, -0.2) is 70.1 Å². The number of carbonyl (C=O) groups is 1. The number of hydrogen-bond donors (Lipinski definition) is 5. The second-order valence-electron chi connectivity index (χ2n) is 7.74. The first-order chi connectivity index (χ1) is 14.3. The lowest BCUT2D eigenvalue weighted by atomic mass is 9.99. The van der Waals surface area contributed by atoms with Gasteiger partial charge in [0.15, 0.2) is 0 Å². The summed E-state index contributed by atoms with van der Waals surface area (Å²) in [6, 6.07) is 0. The third kappa shape index (κ3) is 13.3. The number of aliphatic hydroxyl groups excluding tert-OH is 2. The molecule has 0 bridgehead atoms. The van der Waals surface area contributed by atoms with Gasteiger partial charge in [-0.3, -0.25) is 9.11 Å². The highest BCUT2D eigenvalue weighted by molar-refractivity contribution is 7.86. The second kappa shape index (κ2) is 15.1. The molecule has 0 fully saturated rings. The summed E-state index contributed by atoms with van der Waals surface area (Å²) in [5, 5.41) is 25.2. The van der Waals surface area contributed by atoms with E-state index in [1.165, 1.54) is 0 Å². The Balaban J connectivity index is 4.84. The van der Waals surface area contributed by atoms with Gasteiger partial charge in [0.05, 0.1) is 12.2 Å². The maximum Gasteiger partial charge on any atom is 0.342 e. The minimum Gasteiger partial charge on any atom is -0.392 e. The van der Waals surface area contributed by atoms with E-state index in [4.69, 9.17) is 5.26 Å². The van der Waals surface area contributed by atoms with E-state index in [0.717, 1.165) is 12.8 Å². The number of hydrogen-bond acceptors (Lipinski definition) is 9. The summed E-state index contributed by atoms with van der Waals surface area (Å²) >= 11 is 0. The SMILES string of the molecule is CCCCCC(O)C(CC(O)C(CCCCCCCC(=O)OO)S(=O)(=O)O)S(=O)(=O)O.